The summed E-state index contributed by atoms with van der Waals surface area (Å²) < 4.78 is 21.6. The van der Waals surface area contributed by atoms with Crippen LogP contribution < -0.4 is 11.2 Å². The van der Waals surface area contributed by atoms with Gasteiger partial charge in [-0.05, 0) is 60.1 Å². The largest absolute Gasteiger partial charge is 0.414 e. The fourth-order valence-corrected chi connectivity index (χ4v) is 7.17. The number of H-pyrrole nitrogens is 1. The van der Waals surface area contributed by atoms with Crippen molar-refractivity contribution in [2.24, 2.45) is 0 Å². The molecule has 0 radical (unpaired) electrons. The van der Waals surface area contributed by atoms with Crippen molar-refractivity contribution in [3.05, 3.63) is 68.5 Å². The fourth-order valence-electron chi connectivity index (χ4n) is 4.79. The lowest BCUT2D eigenvalue weighted by Crippen LogP contribution is -2.48. The summed E-state index contributed by atoms with van der Waals surface area (Å²) in [5.74, 6) is 0.393. The monoisotopic (exact) mass is 572 g/mol. The van der Waals surface area contributed by atoms with E-state index in [2.05, 4.69) is 84.8 Å². The molecule has 2 fully saturated rings. The van der Waals surface area contributed by atoms with Gasteiger partial charge in [-0.25, -0.2) is 4.79 Å². The van der Waals surface area contributed by atoms with Crippen LogP contribution in [0.2, 0.25) is 36.3 Å². The number of hydrogen-bond donors (Lipinski definition) is 1. The number of ether oxygens (including phenoxy) is 1. The van der Waals surface area contributed by atoms with Crippen LogP contribution in [0.4, 0.5) is 0 Å². The van der Waals surface area contributed by atoms with Crippen LogP contribution in [0.5, 0.6) is 0 Å². The molecule has 216 valence electrons. The normalized spacial score (nSPS) is 26.2. The predicted molar refractivity (Wildman–Crippen MR) is 162 cm³/mol. The van der Waals surface area contributed by atoms with Crippen LogP contribution in [0.1, 0.15) is 83.6 Å². The number of nitrogens with zero attached hydrogens (tertiary/aromatic N) is 1. The van der Waals surface area contributed by atoms with E-state index in [1.54, 1.807) is 10.8 Å². The van der Waals surface area contributed by atoms with Gasteiger partial charge in [0.15, 0.2) is 16.6 Å². The lowest BCUT2D eigenvalue weighted by atomic mass is 10.1. The lowest BCUT2D eigenvalue weighted by molar-refractivity contribution is -0.0413. The Morgan fingerprint density at radius 1 is 0.923 bits per heavy atom. The van der Waals surface area contributed by atoms with Crippen LogP contribution in [0, 0.1) is 0 Å². The van der Waals surface area contributed by atoms with Crippen molar-refractivity contribution >= 4 is 16.6 Å². The van der Waals surface area contributed by atoms with Gasteiger partial charge in [0, 0.05) is 18.2 Å². The van der Waals surface area contributed by atoms with Crippen LogP contribution in [0.15, 0.2) is 46.1 Å². The van der Waals surface area contributed by atoms with E-state index in [-0.39, 0.29) is 33.8 Å². The molecule has 4 rings (SSSR count). The van der Waals surface area contributed by atoms with E-state index in [9.17, 15) is 9.59 Å². The first-order chi connectivity index (χ1) is 17.9. The molecule has 2 aliphatic rings. The maximum absolute atomic E-state index is 13.1. The minimum absolute atomic E-state index is 0.0380. The van der Waals surface area contributed by atoms with Crippen molar-refractivity contribution in [3.63, 3.8) is 0 Å². The summed E-state index contributed by atoms with van der Waals surface area (Å²) in [7, 11) is -4.12. The van der Waals surface area contributed by atoms with Gasteiger partial charge in [0.05, 0.1) is 12.7 Å². The molecule has 39 heavy (non-hydrogen) atoms. The Balaban J connectivity index is 1.60. The van der Waals surface area contributed by atoms with Gasteiger partial charge in [-0.2, -0.15) is 0 Å². The van der Waals surface area contributed by atoms with E-state index in [0.29, 0.717) is 24.5 Å². The van der Waals surface area contributed by atoms with Crippen LogP contribution >= 0.6 is 0 Å². The van der Waals surface area contributed by atoms with Gasteiger partial charge in [0.2, 0.25) is 0 Å². The Labute approximate surface area is 235 Å². The van der Waals surface area contributed by atoms with E-state index < -0.39 is 28.6 Å². The van der Waals surface area contributed by atoms with Crippen molar-refractivity contribution in [1.29, 1.82) is 0 Å². The molecule has 0 amide bonds. The zero-order valence-corrected chi connectivity index (χ0v) is 27.5. The Morgan fingerprint density at radius 2 is 1.54 bits per heavy atom. The molecule has 9 heteroatoms. The molecule has 2 heterocycles. The third kappa shape index (κ3) is 6.43. The molecule has 1 saturated carbocycles. The third-order valence-electron chi connectivity index (χ3n) is 9.57. The van der Waals surface area contributed by atoms with Crippen molar-refractivity contribution in [2.75, 3.05) is 6.61 Å². The molecule has 1 aliphatic carbocycles. The zero-order valence-electron chi connectivity index (χ0n) is 25.5. The summed E-state index contributed by atoms with van der Waals surface area (Å²) in [6.07, 6.45) is 2.16. The molecule has 0 spiro atoms. The molecule has 5 atom stereocenters. The van der Waals surface area contributed by atoms with Crippen LogP contribution in [0.25, 0.3) is 0 Å². The van der Waals surface area contributed by atoms with Crippen molar-refractivity contribution < 1.29 is 13.6 Å². The first kappa shape index (κ1) is 30.2. The molecule has 7 nitrogen and oxygen atoms in total. The Kier molecular flexibility index (Phi) is 8.17. The second-order valence-electron chi connectivity index (χ2n) is 14.5. The summed E-state index contributed by atoms with van der Waals surface area (Å²) in [6.45, 7) is 22.7. The first-order valence-electron chi connectivity index (χ1n) is 14.3. The Hall–Kier alpha value is -1.79. The lowest BCUT2D eigenvalue weighted by Gasteiger charge is -2.40. The van der Waals surface area contributed by atoms with Crippen LogP contribution in [-0.2, 0) is 13.6 Å². The number of aromatic nitrogens is 2. The van der Waals surface area contributed by atoms with Crippen molar-refractivity contribution in [3.8, 4) is 0 Å². The van der Waals surface area contributed by atoms with Crippen molar-refractivity contribution in [1.82, 2.24) is 9.55 Å². The van der Waals surface area contributed by atoms with Gasteiger partial charge < -0.3 is 13.6 Å². The minimum Gasteiger partial charge on any atom is -0.414 e. The zero-order chi connectivity index (χ0) is 29.0. The highest BCUT2D eigenvalue weighted by Gasteiger charge is 2.47. The molecule has 2 aromatic rings. The second kappa shape index (κ2) is 10.6. The van der Waals surface area contributed by atoms with E-state index in [4.69, 9.17) is 13.6 Å². The summed E-state index contributed by atoms with van der Waals surface area (Å²) in [4.78, 5) is 28.5. The average Bonchev–Trinajstić information content (AvgIpc) is 3.51. The maximum atomic E-state index is 13.1. The van der Waals surface area contributed by atoms with Crippen LogP contribution in [-0.4, -0.2) is 45.0 Å². The highest BCUT2D eigenvalue weighted by molar-refractivity contribution is 6.74. The smallest absolute Gasteiger partial charge is 0.330 e. The molecule has 1 aromatic carbocycles. The third-order valence-corrected chi connectivity index (χ3v) is 18.6. The fraction of sp³-hybridized carbons (Fsp3) is 0.667. The molecule has 1 aliphatic heterocycles. The summed E-state index contributed by atoms with van der Waals surface area (Å²) in [5.41, 5.74) is 1.13. The highest BCUT2D eigenvalue weighted by atomic mass is 28.4. The number of rotatable bonds is 8. The summed E-state index contributed by atoms with van der Waals surface area (Å²) in [6, 6.07) is 10.3. The quantitative estimate of drug-likeness (QED) is 0.365. The van der Waals surface area contributed by atoms with Crippen molar-refractivity contribution in [2.45, 2.75) is 121 Å². The molecule has 0 bridgehead atoms. The molecular weight excluding hydrogens is 525 g/mol. The van der Waals surface area contributed by atoms with E-state index in [1.165, 1.54) is 5.56 Å². The number of hydrogen-bond acceptors (Lipinski definition) is 5. The van der Waals surface area contributed by atoms with Gasteiger partial charge in [-0.3, -0.25) is 14.3 Å². The molecular formula is C30H48N2O5Si2. The predicted octanol–water partition coefficient (Wildman–Crippen LogP) is 6.51. The molecule has 2 unspecified atom stereocenters. The number of benzene rings is 1. The maximum Gasteiger partial charge on any atom is 0.330 e. The van der Waals surface area contributed by atoms with Gasteiger partial charge in [0.25, 0.3) is 5.56 Å². The SMILES string of the molecule is CC(C)(C)[Si](C)(C)OC[C@H]1O[C@@H](n2cc(C3CC3c3ccccc3)c(=O)[nH]c2=O)C[C@@H]1O[Si](C)(C)C(C)(C)C. The molecule has 1 N–H and O–H groups in total. The second-order valence-corrected chi connectivity index (χ2v) is 24.0. The van der Waals surface area contributed by atoms with Gasteiger partial charge in [-0.1, -0.05) is 71.9 Å². The van der Waals surface area contributed by atoms with E-state index >= 15 is 0 Å². The number of nitrogens with one attached hydrogen (secondary N) is 1. The van der Waals surface area contributed by atoms with Gasteiger partial charge in [0.1, 0.15) is 12.3 Å². The Bertz CT molecular complexity index is 1270. The average molecular weight is 573 g/mol. The summed E-state index contributed by atoms with van der Waals surface area (Å²) >= 11 is 0. The summed E-state index contributed by atoms with van der Waals surface area (Å²) in [5, 5.41) is 0.113. The Morgan fingerprint density at radius 3 is 2.13 bits per heavy atom. The standard InChI is InChI=1S/C30H48N2O5Si2/c1-29(2,3)38(7,8)35-19-25-24(37-39(9,10)30(4,5)6)17-26(36-25)32-18-23(27(33)31-28(32)34)22-16-21(22)20-14-12-11-13-15-20/h11-15,18,21-22,24-26H,16-17,19H2,1-10H3,(H,31,33,34)/t21?,22?,24-,25+,26+/m0/s1. The molecule has 1 saturated heterocycles. The van der Waals surface area contributed by atoms with Crippen LogP contribution in [0.3, 0.4) is 0 Å². The van der Waals surface area contributed by atoms with Gasteiger partial charge in [-0.15, -0.1) is 0 Å². The topological polar surface area (TPSA) is 82.5 Å². The highest BCUT2D eigenvalue weighted by Crippen LogP contribution is 2.53. The van der Waals surface area contributed by atoms with E-state index in [1.807, 2.05) is 18.2 Å². The minimum atomic E-state index is -2.11. The number of aromatic amines is 1. The first-order valence-corrected chi connectivity index (χ1v) is 20.1. The molecule has 1 aromatic heterocycles. The van der Waals surface area contributed by atoms with Gasteiger partial charge >= 0.3 is 5.69 Å². The van der Waals surface area contributed by atoms with E-state index in [0.717, 1.165) is 6.42 Å².